The fourth-order valence-corrected chi connectivity index (χ4v) is 5.19. The maximum Gasteiger partial charge on any atom is 0.257 e. The summed E-state index contributed by atoms with van der Waals surface area (Å²) in [7, 11) is 1.33. The third-order valence-corrected chi connectivity index (χ3v) is 6.98. The fraction of sp³-hybridized carbons (Fsp3) is 0.524. The third-order valence-electron chi connectivity index (χ3n) is 5.23. The molecule has 1 N–H and O–H groups in total. The van der Waals surface area contributed by atoms with Crippen molar-refractivity contribution in [3.05, 3.63) is 29.5 Å². The van der Waals surface area contributed by atoms with Crippen LogP contribution in [0.1, 0.15) is 49.3 Å². The van der Waals surface area contributed by atoms with E-state index in [2.05, 4.69) is 10.4 Å². The van der Waals surface area contributed by atoms with Gasteiger partial charge in [-0.15, -0.1) is 0 Å². The molecule has 1 saturated heterocycles. The lowest BCUT2D eigenvalue weighted by molar-refractivity contribution is 0.102. The van der Waals surface area contributed by atoms with Crippen molar-refractivity contribution in [3.63, 3.8) is 0 Å². The van der Waals surface area contributed by atoms with E-state index in [0.29, 0.717) is 35.1 Å². The van der Waals surface area contributed by atoms with Crippen LogP contribution >= 0.6 is 0 Å². The van der Waals surface area contributed by atoms with Crippen LogP contribution in [-0.4, -0.2) is 56.9 Å². The van der Waals surface area contributed by atoms with Gasteiger partial charge < -0.3 is 19.5 Å². The number of methoxy groups -OCH3 is 3. The van der Waals surface area contributed by atoms with Crippen LogP contribution in [-0.2, 0) is 15.3 Å². The molecule has 9 nitrogen and oxygen atoms in total. The molecule has 3 rings (SSSR count). The summed E-state index contributed by atoms with van der Waals surface area (Å²) in [6.07, 6.45) is 0.459. The molecule has 2 aromatic rings. The van der Waals surface area contributed by atoms with E-state index in [-0.39, 0.29) is 23.0 Å². The van der Waals surface area contributed by atoms with Crippen molar-refractivity contribution in [2.75, 3.05) is 38.2 Å². The summed E-state index contributed by atoms with van der Waals surface area (Å²) in [6.45, 7) is 6.03. The second-order valence-electron chi connectivity index (χ2n) is 8.53. The SMILES string of the molecule is COc1cc(C(=O)Nc2cc(C(C)(C)C)nn2C2CCS(=O)(=O)C2)cc(OC)c1OC. The van der Waals surface area contributed by atoms with Crippen LogP contribution in [0, 0.1) is 0 Å². The Morgan fingerprint density at radius 1 is 1.10 bits per heavy atom. The van der Waals surface area contributed by atoms with Crippen LogP contribution in [0.2, 0.25) is 0 Å². The molecule has 31 heavy (non-hydrogen) atoms. The molecule has 0 bridgehead atoms. The number of aromatic nitrogens is 2. The van der Waals surface area contributed by atoms with Gasteiger partial charge >= 0.3 is 0 Å². The first-order chi connectivity index (χ1) is 14.5. The van der Waals surface area contributed by atoms with Gasteiger partial charge in [0.15, 0.2) is 21.3 Å². The van der Waals surface area contributed by atoms with Gasteiger partial charge in [-0.05, 0) is 18.6 Å². The Morgan fingerprint density at radius 3 is 2.16 bits per heavy atom. The second kappa shape index (κ2) is 8.41. The van der Waals surface area contributed by atoms with Gasteiger partial charge in [0.1, 0.15) is 5.82 Å². The van der Waals surface area contributed by atoms with Crippen molar-refractivity contribution in [1.82, 2.24) is 9.78 Å². The van der Waals surface area contributed by atoms with Gasteiger partial charge in [0.25, 0.3) is 5.91 Å². The van der Waals surface area contributed by atoms with Crippen LogP contribution in [0.15, 0.2) is 18.2 Å². The lowest BCUT2D eigenvalue weighted by Crippen LogP contribution is -2.20. The molecule has 0 saturated carbocycles. The second-order valence-corrected chi connectivity index (χ2v) is 10.8. The van der Waals surface area contributed by atoms with Crippen LogP contribution in [0.5, 0.6) is 17.2 Å². The number of carbonyl (C=O) groups excluding carboxylic acids is 1. The Bertz CT molecular complexity index is 1060. The third kappa shape index (κ3) is 4.79. The van der Waals surface area contributed by atoms with Crippen LogP contribution in [0.4, 0.5) is 5.82 Å². The van der Waals surface area contributed by atoms with E-state index in [1.807, 2.05) is 20.8 Å². The smallest absolute Gasteiger partial charge is 0.257 e. The minimum Gasteiger partial charge on any atom is -0.493 e. The van der Waals surface area contributed by atoms with Gasteiger partial charge in [-0.25, -0.2) is 13.1 Å². The van der Waals surface area contributed by atoms with Crippen LogP contribution in [0.3, 0.4) is 0 Å². The summed E-state index contributed by atoms with van der Waals surface area (Å²) in [5.74, 6) is 1.27. The normalized spacial score (nSPS) is 17.9. The first kappa shape index (κ1) is 22.9. The molecule has 1 fully saturated rings. The van der Waals surface area contributed by atoms with E-state index in [9.17, 15) is 13.2 Å². The minimum absolute atomic E-state index is 0.00527. The summed E-state index contributed by atoms with van der Waals surface area (Å²) in [4.78, 5) is 13.1. The van der Waals surface area contributed by atoms with Crippen LogP contribution in [0.25, 0.3) is 0 Å². The van der Waals surface area contributed by atoms with E-state index in [1.165, 1.54) is 21.3 Å². The number of nitrogens with one attached hydrogen (secondary N) is 1. The number of amides is 1. The minimum atomic E-state index is -3.11. The summed E-state index contributed by atoms with van der Waals surface area (Å²) < 4.78 is 41.6. The standard InChI is InChI=1S/C21H29N3O6S/c1-21(2,3)17-11-18(24(23-17)14-7-8-31(26,27)12-14)22-20(25)13-9-15(28-4)19(30-6)16(10-13)29-5/h9-11,14H,7-8,12H2,1-6H3,(H,22,25). The van der Waals surface area contributed by atoms with E-state index in [0.717, 1.165) is 5.69 Å². The van der Waals surface area contributed by atoms with Gasteiger partial charge in [0, 0.05) is 17.0 Å². The molecule has 1 aromatic carbocycles. The molecular weight excluding hydrogens is 422 g/mol. The number of hydrogen-bond acceptors (Lipinski definition) is 7. The number of carbonyl (C=O) groups is 1. The molecule has 1 atom stereocenters. The van der Waals surface area contributed by atoms with Gasteiger partial charge in [-0.1, -0.05) is 20.8 Å². The average Bonchev–Trinajstić information content (AvgIpc) is 3.29. The molecule has 1 unspecified atom stereocenters. The molecule has 10 heteroatoms. The van der Waals surface area contributed by atoms with Gasteiger partial charge in [-0.2, -0.15) is 5.10 Å². The van der Waals surface area contributed by atoms with Gasteiger partial charge in [0.05, 0.1) is 44.6 Å². The number of sulfone groups is 1. The topological polar surface area (TPSA) is 109 Å². The largest absolute Gasteiger partial charge is 0.493 e. The Hall–Kier alpha value is -2.75. The molecular formula is C21H29N3O6S. The monoisotopic (exact) mass is 451 g/mol. The predicted octanol–water partition coefficient (Wildman–Crippen LogP) is 2.82. The van der Waals surface area contributed by atoms with E-state index in [4.69, 9.17) is 14.2 Å². The number of hydrogen-bond donors (Lipinski definition) is 1. The van der Waals surface area contributed by atoms with E-state index in [1.54, 1.807) is 22.9 Å². The lowest BCUT2D eigenvalue weighted by Gasteiger charge is -2.16. The first-order valence-electron chi connectivity index (χ1n) is 9.91. The van der Waals surface area contributed by atoms with Gasteiger partial charge in [0.2, 0.25) is 5.75 Å². The zero-order chi connectivity index (χ0) is 23.0. The zero-order valence-corrected chi connectivity index (χ0v) is 19.5. The zero-order valence-electron chi connectivity index (χ0n) is 18.7. The molecule has 1 aromatic heterocycles. The molecule has 0 aliphatic carbocycles. The van der Waals surface area contributed by atoms with Crippen molar-refractivity contribution in [1.29, 1.82) is 0 Å². The molecule has 2 heterocycles. The Balaban J connectivity index is 1.98. The Morgan fingerprint density at radius 2 is 1.71 bits per heavy atom. The fourth-order valence-electron chi connectivity index (χ4n) is 3.50. The highest BCUT2D eigenvalue weighted by Gasteiger charge is 2.33. The Kier molecular flexibility index (Phi) is 6.22. The quantitative estimate of drug-likeness (QED) is 0.719. The Labute approximate surface area is 182 Å². The van der Waals surface area contributed by atoms with Crippen molar-refractivity contribution < 1.29 is 27.4 Å². The summed E-state index contributed by atoms with van der Waals surface area (Å²) in [6, 6.07) is 4.58. The summed E-state index contributed by atoms with van der Waals surface area (Å²) >= 11 is 0. The van der Waals surface area contributed by atoms with Crippen LogP contribution < -0.4 is 19.5 Å². The van der Waals surface area contributed by atoms with Crippen molar-refractivity contribution in [2.45, 2.75) is 38.6 Å². The van der Waals surface area contributed by atoms with Crippen molar-refractivity contribution >= 4 is 21.6 Å². The first-order valence-corrected chi connectivity index (χ1v) is 11.7. The summed E-state index contributed by atoms with van der Waals surface area (Å²) in [5, 5.41) is 7.52. The maximum atomic E-state index is 13.1. The van der Waals surface area contributed by atoms with Crippen molar-refractivity contribution in [2.24, 2.45) is 0 Å². The molecule has 1 amide bonds. The predicted molar refractivity (Wildman–Crippen MR) is 117 cm³/mol. The van der Waals surface area contributed by atoms with E-state index >= 15 is 0 Å². The molecule has 1 aliphatic heterocycles. The highest BCUT2D eigenvalue weighted by Crippen LogP contribution is 2.38. The molecule has 1 aliphatic rings. The van der Waals surface area contributed by atoms with E-state index < -0.39 is 15.7 Å². The molecule has 0 radical (unpaired) electrons. The average molecular weight is 452 g/mol. The molecule has 170 valence electrons. The number of rotatable bonds is 6. The maximum absolute atomic E-state index is 13.1. The molecule has 0 spiro atoms. The van der Waals surface area contributed by atoms with Gasteiger partial charge in [-0.3, -0.25) is 4.79 Å². The number of benzene rings is 1. The highest BCUT2D eigenvalue weighted by atomic mass is 32.2. The van der Waals surface area contributed by atoms with Crippen molar-refractivity contribution in [3.8, 4) is 17.2 Å². The summed E-state index contributed by atoms with van der Waals surface area (Å²) in [5.41, 5.74) is 0.796. The number of anilines is 1. The number of nitrogens with zero attached hydrogens (tertiary/aromatic N) is 2. The number of ether oxygens (including phenoxy) is 3. The lowest BCUT2D eigenvalue weighted by atomic mass is 9.92. The highest BCUT2D eigenvalue weighted by molar-refractivity contribution is 7.91.